The van der Waals surface area contributed by atoms with Crippen LogP contribution in [0.5, 0.6) is 0 Å². The first kappa shape index (κ1) is 17.0. The second-order valence-corrected chi connectivity index (χ2v) is 8.00. The Kier molecular flexibility index (Phi) is 8.00. The van der Waals surface area contributed by atoms with Crippen LogP contribution >= 0.6 is 0 Å². The number of hydrogen-bond donors (Lipinski definition) is 0. The van der Waals surface area contributed by atoms with E-state index in [1.54, 1.807) is 4.31 Å². The van der Waals surface area contributed by atoms with E-state index in [-0.39, 0.29) is 0 Å². The van der Waals surface area contributed by atoms with Crippen molar-refractivity contribution in [1.82, 2.24) is 4.31 Å². The molecule has 0 aromatic heterocycles. The molecule has 114 valence electrons. The van der Waals surface area contributed by atoms with Gasteiger partial charge in [0.05, 0.1) is 6.26 Å². The molecule has 0 unspecified atom stereocenters. The summed E-state index contributed by atoms with van der Waals surface area (Å²) in [6.07, 6.45) is 14.3. The van der Waals surface area contributed by atoms with Gasteiger partial charge in [-0.25, -0.2) is 12.7 Å². The number of hydrogen-bond acceptors (Lipinski definition) is 2. The Morgan fingerprint density at radius 2 is 1.47 bits per heavy atom. The minimum Gasteiger partial charge on any atom is -0.213 e. The Hall–Kier alpha value is -0.0900. The second-order valence-electron chi connectivity index (χ2n) is 6.02. The van der Waals surface area contributed by atoms with Crippen LogP contribution in [-0.2, 0) is 10.0 Å². The predicted molar refractivity (Wildman–Crippen MR) is 81.8 cm³/mol. The number of piperidine rings is 1. The highest BCUT2D eigenvalue weighted by atomic mass is 32.2. The maximum atomic E-state index is 11.4. The highest BCUT2D eigenvalue weighted by molar-refractivity contribution is 7.88. The van der Waals surface area contributed by atoms with Crippen molar-refractivity contribution in [3.05, 3.63) is 0 Å². The predicted octanol–water partition coefficient (Wildman–Crippen LogP) is 3.80. The van der Waals surface area contributed by atoms with Crippen molar-refractivity contribution in [2.75, 3.05) is 19.3 Å². The largest absolute Gasteiger partial charge is 0.213 e. The lowest BCUT2D eigenvalue weighted by Crippen LogP contribution is -2.37. The standard InChI is InChI=1S/C15H31NO2S/c1-3-4-5-6-7-8-9-10-15-11-13-16(14-12-15)19(2,17)18/h15H,3-14H2,1-2H3. The Balaban J connectivity index is 2.01. The first-order valence-corrected chi connectivity index (χ1v) is 9.84. The lowest BCUT2D eigenvalue weighted by molar-refractivity contribution is 0.259. The molecule has 1 aliphatic heterocycles. The lowest BCUT2D eigenvalue weighted by atomic mass is 9.92. The fourth-order valence-corrected chi connectivity index (χ4v) is 3.79. The first-order chi connectivity index (χ1) is 9.04. The van der Waals surface area contributed by atoms with Gasteiger partial charge >= 0.3 is 0 Å². The van der Waals surface area contributed by atoms with Gasteiger partial charge in [-0.3, -0.25) is 0 Å². The molecule has 1 saturated heterocycles. The van der Waals surface area contributed by atoms with Crippen molar-refractivity contribution < 1.29 is 8.42 Å². The van der Waals surface area contributed by atoms with Crippen LogP contribution < -0.4 is 0 Å². The van der Waals surface area contributed by atoms with Gasteiger partial charge in [0.2, 0.25) is 10.0 Å². The smallest absolute Gasteiger partial charge is 0.211 e. The van der Waals surface area contributed by atoms with Crippen molar-refractivity contribution in [3.8, 4) is 0 Å². The van der Waals surface area contributed by atoms with Crippen molar-refractivity contribution >= 4 is 10.0 Å². The van der Waals surface area contributed by atoms with E-state index in [4.69, 9.17) is 0 Å². The summed E-state index contributed by atoms with van der Waals surface area (Å²) in [5.41, 5.74) is 0. The van der Waals surface area contributed by atoms with Gasteiger partial charge in [0.1, 0.15) is 0 Å². The van der Waals surface area contributed by atoms with Gasteiger partial charge in [0.15, 0.2) is 0 Å². The van der Waals surface area contributed by atoms with E-state index in [0.29, 0.717) is 0 Å². The summed E-state index contributed by atoms with van der Waals surface area (Å²) in [5, 5.41) is 0. The van der Waals surface area contributed by atoms with Crippen molar-refractivity contribution in [1.29, 1.82) is 0 Å². The third-order valence-corrected chi connectivity index (χ3v) is 5.56. The van der Waals surface area contributed by atoms with Crippen LogP contribution in [0.15, 0.2) is 0 Å². The molecule has 0 N–H and O–H groups in total. The minimum atomic E-state index is -2.95. The van der Waals surface area contributed by atoms with Crippen LogP contribution in [0.2, 0.25) is 0 Å². The average molecular weight is 289 g/mol. The SMILES string of the molecule is CCCCCCCCCC1CCN(S(C)(=O)=O)CC1. The molecular weight excluding hydrogens is 258 g/mol. The summed E-state index contributed by atoms with van der Waals surface area (Å²) in [6, 6.07) is 0. The number of nitrogens with zero attached hydrogens (tertiary/aromatic N) is 1. The van der Waals surface area contributed by atoms with Gasteiger partial charge < -0.3 is 0 Å². The molecule has 0 bridgehead atoms. The number of sulfonamides is 1. The molecule has 0 aromatic rings. The van der Waals surface area contributed by atoms with E-state index < -0.39 is 10.0 Å². The Bertz CT molecular complexity index is 319. The third kappa shape index (κ3) is 7.31. The van der Waals surface area contributed by atoms with E-state index in [2.05, 4.69) is 6.92 Å². The molecule has 0 atom stereocenters. The number of rotatable bonds is 9. The van der Waals surface area contributed by atoms with E-state index >= 15 is 0 Å². The Labute approximate surface area is 119 Å². The molecule has 0 aromatic carbocycles. The molecule has 1 fully saturated rings. The Morgan fingerprint density at radius 3 is 2.00 bits per heavy atom. The maximum Gasteiger partial charge on any atom is 0.211 e. The molecule has 1 rings (SSSR count). The summed E-state index contributed by atoms with van der Waals surface area (Å²) in [7, 11) is -2.95. The summed E-state index contributed by atoms with van der Waals surface area (Å²) < 4.78 is 24.4. The average Bonchev–Trinajstić information content (AvgIpc) is 2.37. The molecule has 0 amide bonds. The summed E-state index contributed by atoms with van der Waals surface area (Å²) in [5.74, 6) is 0.758. The van der Waals surface area contributed by atoms with Gasteiger partial charge in [-0.1, -0.05) is 58.3 Å². The minimum absolute atomic E-state index is 0.736. The van der Waals surface area contributed by atoms with Crippen LogP contribution in [0.3, 0.4) is 0 Å². The van der Waals surface area contributed by atoms with E-state index in [0.717, 1.165) is 31.8 Å². The molecule has 0 aliphatic carbocycles. The van der Waals surface area contributed by atoms with Gasteiger partial charge in [-0.15, -0.1) is 0 Å². The lowest BCUT2D eigenvalue weighted by Gasteiger charge is -2.30. The van der Waals surface area contributed by atoms with Crippen molar-refractivity contribution in [2.45, 2.75) is 71.1 Å². The summed E-state index contributed by atoms with van der Waals surface area (Å²) in [6.45, 7) is 3.73. The van der Waals surface area contributed by atoms with E-state index in [9.17, 15) is 8.42 Å². The first-order valence-electron chi connectivity index (χ1n) is 7.99. The van der Waals surface area contributed by atoms with Gasteiger partial charge in [-0.05, 0) is 18.8 Å². The molecule has 3 nitrogen and oxygen atoms in total. The van der Waals surface area contributed by atoms with Gasteiger partial charge in [-0.2, -0.15) is 0 Å². The highest BCUT2D eigenvalue weighted by Gasteiger charge is 2.24. The molecule has 1 heterocycles. The molecule has 0 radical (unpaired) electrons. The molecule has 0 saturated carbocycles. The third-order valence-electron chi connectivity index (χ3n) is 4.26. The molecule has 4 heteroatoms. The van der Waals surface area contributed by atoms with Crippen LogP contribution in [0.1, 0.15) is 71.1 Å². The van der Waals surface area contributed by atoms with Gasteiger partial charge in [0.25, 0.3) is 0 Å². The fourth-order valence-electron chi connectivity index (χ4n) is 2.92. The quantitative estimate of drug-likeness (QED) is 0.605. The second kappa shape index (κ2) is 8.96. The zero-order valence-electron chi connectivity index (χ0n) is 12.7. The highest BCUT2D eigenvalue weighted by Crippen LogP contribution is 2.24. The molecule has 19 heavy (non-hydrogen) atoms. The summed E-state index contributed by atoms with van der Waals surface area (Å²) in [4.78, 5) is 0. The monoisotopic (exact) mass is 289 g/mol. The normalized spacial score (nSPS) is 18.8. The molecular formula is C15H31NO2S. The Morgan fingerprint density at radius 1 is 0.947 bits per heavy atom. The maximum absolute atomic E-state index is 11.4. The molecule has 0 spiro atoms. The van der Waals surface area contributed by atoms with Gasteiger partial charge in [0, 0.05) is 13.1 Å². The van der Waals surface area contributed by atoms with Crippen molar-refractivity contribution in [2.24, 2.45) is 5.92 Å². The van der Waals surface area contributed by atoms with Crippen LogP contribution in [0.4, 0.5) is 0 Å². The molecule has 1 aliphatic rings. The summed E-state index contributed by atoms with van der Waals surface area (Å²) >= 11 is 0. The zero-order chi connectivity index (χ0) is 14.1. The van der Waals surface area contributed by atoms with Crippen LogP contribution in [-0.4, -0.2) is 32.1 Å². The van der Waals surface area contributed by atoms with Crippen LogP contribution in [0, 0.1) is 5.92 Å². The zero-order valence-corrected chi connectivity index (χ0v) is 13.6. The van der Waals surface area contributed by atoms with E-state index in [1.165, 1.54) is 57.6 Å². The van der Waals surface area contributed by atoms with Crippen LogP contribution in [0.25, 0.3) is 0 Å². The van der Waals surface area contributed by atoms with Crippen molar-refractivity contribution in [3.63, 3.8) is 0 Å². The number of unbranched alkanes of at least 4 members (excludes halogenated alkanes) is 6. The topological polar surface area (TPSA) is 37.4 Å². The fraction of sp³-hybridized carbons (Fsp3) is 1.00. The van der Waals surface area contributed by atoms with E-state index in [1.807, 2.05) is 0 Å².